The van der Waals surface area contributed by atoms with Crippen LogP contribution < -0.4 is 0 Å². The van der Waals surface area contributed by atoms with Gasteiger partial charge in [-0.2, -0.15) is 0 Å². The summed E-state index contributed by atoms with van der Waals surface area (Å²) in [7, 11) is 0. The lowest BCUT2D eigenvalue weighted by Gasteiger charge is -1.99. The second-order valence-corrected chi connectivity index (χ2v) is 2.32. The summed E-state index contributed by atoms with van der Waals surface area (Å²) in [5, 5.41) is 9.29. The van der Waals surface area contributed by atoms with Gasteiger partial charge in [0, 0.05) is 0 Å². The highest BCUT2D eigenvalue weighted by atomic mass is 35.5. The number of rotatable bonds is 2. The Morgan fingerprint density at radius 2 is 2.36 bits per heavy atom. The molecule has 0 aromatic carbocycles. The van der Waals surface area contributed by atoms with E-state index < -0.39 is 6.10 Å². The van der Waals surface area contributed by atoms with Crippen molar-refractivity contribution in [1.82, 2.24) is 0 Å². The summed E-state index contributed by atoms with van der Waals surface area (Å²) in [6.07, 6.45) is 5.91. The number of aliphatic hydroxyl groups is 1. The molecule has 60 valence electrons. The molecule has 0 spiro atoms. The molecule has 0 bridgehead atoms. The third-order valence-corrected chi connectivity index (χ3v) is 1.31. The average molecular weight is 172 g/mol. The summed E-state index contributed by atoms with van der Waals surface area (Å²) in [5.41, 5.74) is 0.244. The van der Waals surface area contributed by atoms with Crippen LogP contribution in [0.1, 0.15) is 13.8 Å². The molecule has 0 radical (unpaired) electrons. The third kappa shape index (κ3) is 3.82. The van der Waals surface area contributed by atoms with E-state index in [2.05, 4.69) is 10.9 Å². The summed E-state index contributed by atoms with van der Waals surface area (Å²) < 4.78 is 0. The van der Waals surface area contributed by atoms with E-state index in [-0.39, 0.29) is 5.71 Å². The van der Waals surface area contributed by atoms with E-state index in [0.717, 1.165) is 0 Å². The molecule has 0 aromatic rings. The summed E-state index contributed by atoms with van der Waals surface area (Å²) in [6, 6.07) is 0. The van der Waals surface area contributed by atoms with Gasteiger partial charge in [-0.3, -0.25) is 0 Å². The minimum Gasteiger partial charge on any atom is -0.386 e. The van der Waals surface area contributed by atoms with Crippen LogP contribution in [0.2, 0.25) is 0 Å². The van der Waals surface area contributed by atoms with Gasteiger partial charge in [0.25, 0.3) is 0 Å². The van der Waals surface area contributed by atoms with Crippen molar-refractivity contribution in [3.8, 4) is 12.3 Å². The van der Waals surface area contributed by atoms with Crippen molar-refractivity contribution in [2.24, 2.45) is 4.99 Å². The Bertz CT molecular complexity index is 223. The van der Waals surface area contributed by atoms with Crippen LogP contribution in [-0.4, -0.2) is 16.9 Å². The molecule has 1 unspecified atom stereocenters. The van der Waals surface area contributed by atoms with Gasteiger partial charge in [-0.05, 0) is 13.8 Å². The van der Waals surface area contributed by atoms with E-state index in [9.17, 15) is 0 Å². The van der Waals surface area contributed by atoms with Crippen molar-refractivity contribution in [1.29, 1.82) is 0 Å². The highest BCUT2D eigenvalue weighted by Gasteiger charge is 2.02. The molecule has 0 aromatic heterocycles. The highest BCUT2D eigenvalue weighted by Crippen LogP contribution is 2.03. The van der Waals surface area contributed by atoms with E-state index >= 15 is 0 Å². The fraction of sp³-hybridized carbons (Fsp3) is 0.375. The average Bonchev–Trinajstić information content (AvgIpc) is 1.99. The van der Waals surface area contributed by atoms with E-state index in [1.54, 1.807) is 19.9 Å². The number of allylic oxidation sites excluding steroid dienone is 1. The number of aliphatic hydroxyl groups excluding tert-OH is 1. The predicted octanol–water partition coefficient (Wildman–Crippen LogP) is 1.54. The molecule has 3 heteroatoms. The predicted molar refractivity (Wildman–Crippen MR) is 47.6 cm³/mol. The summed E-state index contributed by atoms with van der Waals surface area (Å²) in [5.74, 6) is 2.24. The number of aliphatic imine (C=N–C) groups is 1. The molecule has 1 atom stereocenters. The molecule has 1 N–H and O–H groups in total. The SMILES string of the molecule is C#CC(=N/C(Cl)=C\C)C(C)O. The van der Waals surface area contributed by atoms with E-state index in [0.29, 0.717) is 5.16 Å². The third-order valence-electron chi connectivity index (χ3n) is 1.01. The normalized spacial score (nSPS) is 15.9. The van der Waals surface area contributed by atoms with Crippen molar-refractivity contribution < 1.29 is 5.11 Å². The van der Waals surface area contributed by atoms with Crippen LogP contribution in [0.15, 0.2) is 16.2 Å². The highest BCUT2D eigenvalue weighted by molar-refractivity contribution is 6.30. The largest absolute Gasteiger partial charge is 0.386 e. The molecular weight excluding hydrogens is 162 g/mol. The van der Waals surface area contributed by atoms with Crippen LogP contribution in [0.4, 0.5) is 0 Å². The number of terminal acetylenes is 1. The Balaban J connectivity index is 4.53. The maximum Gasteiger partial charge on any atom is 0.125 e. The van der Waals surface area contributed by atoms with Gasteiger partial charge in [0.1, 0.15) is 17.0 Å². The maximum atomic E-state index is 9.00. The molecule has 2 nitrogen and oxygen atoms in total. The summed E-state index contributed by atoms with van der Waals surface area (Å²) >= 11 is 5.55. The van der Waals surface area contributed by atoms with Crippen LogP contribution in [0.3, 0.4) is 0 Å². The molecular formula is C8H10ClNO. The smallest absolute Gasteiger partial charge is 0.125 e. The molecule has 0 amide bonds. The van der Waals surface area contributed by atoms with Gasteiger partial charge < -0.3 is 5.11 Å². The van der Waals surface area contributed by atoms with E-state index in [1.165, 1.54) is 0 Å². The zero-order valence-corrected chi connectivity index (χ0v) is 7.26. The van der Waals surface area contributed by atoms with Crippen LogP contribution in [0.5, 0.6) is 0 Å². The fourth-order valence-corrected chi connectivity index (χ4v) is 0.517. The Morgan fingerprint density at radius 1 is 1.82 bits per heavy atom. The second-order valence-electron chi connectivity index (χ2n) is 1.93. The quantitative estimate of drug-likeness (QED) is 0.382. The number of nitrogens with zero attached hydrogens (tertiary/aromatic N) is 1. The summed E-state index contributed by atoms with van der Waals surface area (Å²) in [6.45, 7) is 3.28. The first kappa shape index (κ1) is 10.2. The first-order valence-electron chi connectivity index (χ1n) is 3.17. The van der Waals surface area contributed by atoms with Crippen LogP contribution >= 0.6 is 11.6 Å². The zero-order valence-electron chi connectivity index (χ0n) is 6.50. The van der Waals surface area contributed by atoms with Crippen molar-refractivity contribution >= 4 is 17.3 Å². The molecule has 0 heterocycles. The van der Waals surface area contributed by atoms with E-state index in [1.807, 2.05) is 0 Å². The molecule has 0 aliphatic rings. The van der Waals surface area contributed by atoms with Crippen molar-refractivity contribution in [3.63, 3.8) is 0 Å². The minimum atomic E-state index is -0.742. The van der Waals surface area contributed by atoms with E-state index in [4.69, 9.17) is 23.1 Å². The second kappa shape index (κ2) is 4.95. The molecule has 11 heavy (non-hydrogen) atoms. The van der Waals surface area contributed by atoms with Gasteiger partial charge >= 0.3 is 0 Å². The monoisotopic (exact) mass is 171 g/mol. The first-order chi connectivity index (χ1) is 5.11. The Hall–Kier alpha value is -0.780. The van der Waals surface area contributed by atoms with Gasteiger partial charge in [-0.25, -0.2) is 4.99 Å². The molecule has 0 rings (SSSR count). The molecule has 0 fully saturated rings. The van der Waals surface area contributed by atoms with Gasteiger partial charge in [0.15, 0.2) is 0 Å². The van der Waals surface area contributed by atoms with Crippen molar-refractivity contribution in [2.45, 2.75) is 20.0 Å². The maximum absolute atomic E-state index is 9.00. The molecule has 0 saturated carbocycles. The Kier molecular flexibility index (Phi) is 4.60. The molecule has 0 saturated heterocycles. The molecule has 0 aliphatic carbocycles. The van der Waals surface area contributed by atoms with Crippen LogP contribution in [-0.2, 0) is 0 Å². The van der Waals surface area contributed by atoms with Crippen LogP contribution in [0, 0.1) is 12.3 Å². The van der Waals surface area contributed by atoms with Crippen molar-refractivity contribution in [3.05, 3.63) is 11.2 Å². The Labute approximate surface area is 71.6 Å². The van der Waals surface area contributed by atoms with Crippen molar-refractivity contribution in [2.75, 3.05) is 0 Å². The lowest BCUT2D eigenvalue weighted by molar-refractivity contribution is 0.263. The van der Waals surface area contributed by atoms with Gasteiger partial charge in [-0.1, -0.05) is 23.6 Å². The lowest BCUT2D eigenvalue weighted by atomic mass is 10.2. The zero-order chi connectivity index (χ0) is 8.85. The number of halogens is 1. The van der Waals surface area contributed by atoms with Gasteiger partial charge in [0.05, 0.1) is 0 Å². The standard InChI is InChI=1S/C8H10ClNO/c1-4-7(6(3)11)10-8(9)5-2/h1,5-6,11H,2-3H3/b8-5-,10-7?. The fourth-order valence-electron chi connectivity index (χ4n) is 0.426. The lowest BCUT2D eigenvalue weighted by Crippen LogP contribution is -2.13. The van der Waals surface area contributed by atoms with Crippen LogP contribution in [0.25, 0.3) is 0 Å². The minimum absolute atomic E-state index is 0.244. The first-order valence-corrected chi connectivity index (χ1v) is 3.54. The van der Waals surface area contributed by atoms with Gasteiger partial charge in [0.2, 0.25) is 0 Å². The topological polar surface area (TPSA) is 32.6 Å². The summed E-state index contributed by atoms with van der Waals surface area (Å²) in [4.78, 5) is 3.77. The molecule has 0 aliphatic heterocycles. The number of hydrogen-bond acceptors (Lipinski definition) is 2. The Morgan fingerprint density at radius 3 is 2.64 bits per heavy atom. The van der Waals surface area contributed by atoms with Gasteiger partial charge in [-0.15, -0.1) is 6.42 Å². The number of hydrogen-bond donors (Lipinski definition) is 1.